The number of hydrogen-bond acceptors (Lipinski definition) is 5. The van der Waals surface area contributed by atoms with Crippen LogP contribution in [0.5, 0.6) is 0 Å². The van der Waals surface area contributed by atoms with Crippen molar-refractivity contribution in [1.29, 1.82) is 0 Å². The highest BCUT2D eigenvalue weighted by molar-refractivity contribution is 7.47. The molecular formula is C27H57NO6P+. The van der Waals surface area contributed by atoms with Crippen LogP contribution in [-0.2, 0) is 23.1 Å². The smallest absolute Gasteiger partial charge is 0.375 e. The number of phosphoric acid groups is 1. The monoisotopic (exact) mass is 522 g/mol. The average molecular weight is 523 g/mol. The van der Waals surface area contributed by atoms with E-state index in [0.717, 1.165) is 19.3 Å². The second kappa shape index (κ2) is 20.0. The van der Waals surface area contributed by atoms with Crippen LogP contribution in [0.3, 0.4) is 0 Å². The second-order valence-electron chi connectivity index (χ2n) is 11.2. The fourth-order valence-electron chi connectivity index (χ4n) is 4.32. The summed E-state index contributed by atoms with van der Waals surface area (Å²) in [4.78, 5) is 9.95. The topological polar surface area (TPSA) is 74.2 Å². The number of likely N-dealkylation sites (N-methyl/N-ethyl adjacent to an activating group) is 1. The highest BCUT2D eigenvalue weighted by Crippen LogP contribution is 2.43. The molecule has 1 aliphatic rings. The molecule has 3 atom stereocenters. The highest BCUT2D eigenvalue weighted by Gasteiger charge is 2.31. The molecule has 35 heavy (non-hydrogen) atoms. The van der Waals surface area contributed by atoms with Gasteiger partial charge in [0, 0.05) is 13.2 Å². The standard InChI is InChI=1S/C27H56NO6P/c1-5-6-7-8-9-10-11-12-13-14-15-16-17-18-22-31-26-20-19-23-32-27(26)25-34-35(29,30)33-24-21-28(2,3)4/h26-27H,5-25H2,1-4H3/p+1/t26-,27-/m0/s1. The van der Waals surface area contributed by atoms with E-state index in [1.54, 1.807) is 0 Å². The van der Waals surface area contributed by atoms with Crippen molar-refractivity contribution in [3.8, 4) is 0 Å². The van der Waals surface area contributed by atoms with E-state index in [9.17, 15) is 9.46 Å². The van der Waals surface area contributed by atoms with Gasteiger partial charge < -0.3 is 18.9 Å². The summed E-state index contributed by atoms with van der Waals surface area (Å²) in [5.74, 6) is 0. The Morgan fingerprint density at radius 1 is 0.829 bits per heavy atom. The average Bonchev–Trinajstić information content (AvgIpc) is 2.80. The van der Waals surface area contributed by atoms with E-state index in [1.165, 1.54) is 83.5 Å². The fourth-order valence-corrected chi connectivity index (χ4v) is 5.05. The van der Waals surface area contributed by atoms with Gasteiger partial charge in [-0.15, -0.1) is 0 Å². The molecule has 1 saturated heterocycles. The van der Waals surface area contributed by atoms with Crippen molar-refractivity contribution >= 4 is 7.82 Å². The first-order valence-electron chi connectivity index (χ1n) is 14.4. The van der Waals surface area contributed by atoms with E-state index in [1.807, 2.05) is 21.1 Å². The number of unbranched alkanes of at least 4 members (excludes halogenated alkanes) is 13. The predicted molar refractivity (Wildman–Crippen MR) is 144 cm³/mol. The van der Waals surface area contributed by atoms with Gasteiger partial charge in [-0.05, 0) is 19.3 Å². The summed E-state index contributed by atoms with van der Waals surface area (Å²) in [6.07, 6.45) is 20.2. The van der Waals surface area contributed by atoms with Crippen molar-refractivity contribution in [3.63, 3.8) is 0 Å². The minimum absolute atomic E-state index is 0.0154. The third-order valence-electron chi connectivity index (χ3n) is 6.63. The van der Waals surface area contributed by atoms with Crippen molar-refractivity contribution in [2.24, 2.45) is 0 Å². The van der Waals surface area contributed by atoms with Gasteiger partial charge in [0.05, 0.1) is 33.9 Å². The van der Waals surface area contributed by atoms with Gasteiger partial charge in [0.15, 0.2) is 0 Å². The Hall–Kier alpha value is -0.0100. The zero-order valence-corrected chi connectivity index (χ0v) is 24.3. The summed E-state index contributed by atoms with van der Waals surface area (Å²) in [6, 6.07) is 0. The lowest BCUT2D eigenvalue weighted by Gasteiger charge is -2.32. The molecule has 0 saturated carbocycles. The largest absolute Gasteiger partial charge is 0.472 e. The maximum atomic E-state index is 12.2. The van der Waals surface area contributed by atoms with Crippen LogP contribution >= 0.6 is 7.82 Å². The molecule has 0 aliphatic carbocycles. The summed E-state index contributed by atoms with van der Waals surface area (Å²) in [5, 5.41) is 0. The molecule has 1 rings (SSSR count). The maximum Gasteiger partial charge on any atom is 0.472 e. The molecule has 0 aromatic heterocycles. The molecular weight excluding hydrogens is 465 g/mol. The predicted octanol–water partition coefficient (Wildman–Crippen LogP) is 6.87. The highest BCUT2D eigenvalue weighted by atomic mass is 31.2. The number of ether oxygens (including phenoxy) is 2. The maximum absolute atomic E-state index is 12.2. The fraction of sp³-hybridized carbons (Fsp3) is 1.00. The van der Waals surface area contributed by atoms with Crippen LogP contribution in [-0.4, -0.2) is 75.7 Å². The molecule has 1 unspecified atom stereocenters. The number of nitrogens with zero attached hydrogens (tertiary/aromatic N) is 1. The van der Waals surface area contributed by atoms with Crippen LogP contribution in [0.15, 0.2) is 0 Å². The summed E-state index contributed by atoms with van der Waals surface area (Å²) < 4.78 is 35.0. The quantitative estimate of drug-likeness (QED) is 0.0896. The zero-order chi connectivity index (χ0) is 25.8. The van der Waals surface area contributed by atoms with E-state index < -0.39 is 7.82 Å². The van der Waals surface area contributed by atoms with E-state index in [2.05, 4.69) is 6.92 Å². The van der Waals surface area contributed by atoms with E-state index in [0.29, 0.717) is 24.2 Å². The molecule has 1 heterocycles. The van der Waals surface area contributed by atoms with E-state index in [-0.39, 0.29) is 25.4 Å². The van der Waals surface area contributed by atoms with Crippen molar-refractivity contribution < 1.29 is 32.5 Å². The zero-order valence-electron chi connectivity index (χ0n) is 23.4. The Labute approximate surface area is 216 Å². The molecule has 1 fully saturated rings. The number of phosphoric ester groups is 1. The van der Waals surface area contributed by atoms with Crippen LogP contribution in [0.4, 0.5) is 0 Å². The van der Waals surface area contributed by atoms with Crippen LogP contribution in [0.25, 0.3) is 0 Å². The van der Waals surface area contributed by atoms with Crippen LogP contribution in [0, 0.1) is 0 Å². The first kappa shape index (κ1) is 33.0. The Kier molecular flexibility index (Phi) is 18.9. The molecule has 210 valence electrons. The molecule has 0 radical (unpaired) electrons. The third-order valence-corrected chi connectivity index (χ3v) is 7.61. The third kappa shape index (κ3) is 19.7. The van der Waals surface area contributed by atoms with E-state index >= 15 is 0 Å². The van der Waals surface area contributed by atoms with Crippen LogP contribution < -0.4 is 0 Å². The lowest BCUT2D eigenvalue weighted by atomic mass is 10.0. The Bertz CT molecular complexity index is 542. The molecule has 1 aliphatic heterocycles. The number of quaternary nitrogens is 1. The Morgan fingerprint density at radius 3 is 1.91 bits per heavy atom. The van der Waals surface area contributed by atoms with Crippen molar-refractivity contribution in [1.82, 2.24) is 0 Å². The van der Waals surface area contributed by atoms with Crippen molar-refractivity contribution in [2.75, 3.05) is 54.1 Å². The van der Waals surface area contributed by atoms with Crippen molar-refractivity contribution in [3.05, 3.63) is 0 Å². The molecule has 8 heteroatoms. The minimum Gasteiger partial charge on any atom is -0.375 e. The van der Waals surface area contributed by atoms with Gasteiger partial charge in [0.2, 0.25) is 0 Å². The number of hydrogen-bond donors (Lipinski definition) is 1. The molecule has 1 N–H and O–H groups in total. The Morgan fingerprint density at radius 2 is 1.37 bits per heavy atom. The van der Waals surface area contributed by atoms with Gasteiger partial charge >= 0.3 is 7.82 Å². The first-order chi connectivity index (χ1) is 16.7. The minimum atomic E-state index is -4.08. The molecule has 0 amide bonds. The van der Waals surface area contributed by atoms with Gasteiger partial charge in [-0.2, -0.15) is 0 Å². The summed E-state index contributed by atoms with van der Waals surface area (Å²) >= 11 is 0. The van der Waals surface area contributed by atoms with Crippen molar-refractivity contribution in [2.45, 2.75) is 122 Å². The summed E-state index contributed by atoms with van der Waals surface area (Å²) in [7, 11) is 1.93. The van der Waals surface area contributed by atoms with Gasteiger partial charge in [-0.3, -0.25) is 9.05 Å². The second-order valence-corrected chi connectivity index (χ2v) is 12.6. The molecule has 0 bridgehead atoms. The van der Waals surface area contributed by atoms with Gasteiger partial charge in [-0.1, -0.05) is 90.4 Å². The van der Waals surface area contributed by atoms with Gasteiger partial charge in [0.25, 0.3) is 0 Å². The summed E-state index contributed by atoms with van der Waals surface area (Å²) in [6.45, 7) is 4.42. The lowest BCUT2D eigenvalue weighted by molar-refractivity contribution is -0.870. The first-order valence-corrected chi connectivity index (χ1v) is 15.9. The lowest BCUT2D eigenvalue weighted by Crippen LogP contribution is -2.39. The molecule has 7 nitrogen and oxygen atoms in total. The molecule has 0 aromatic carbocycles. The van der Waals surface area contributed by atoms with Crippen LogP contribution in [0.1, 0.15) is 110 Å². The molecule has 0 spiro atoms. The normalized spacial score (nSPS) is 20.7. The summed E-state index contributed by atoms with van der Waals surface area (Å²) in [5.41, 5.74) is 0. The van der Waals surface area contributed by atoms with E-state index in [4.69, 9.17) is 18.5 Å². The Balaban J connectivity index is 2.04. The SMILES string of the molecule is CCCCCCCCCCCCCCCCO[C@H]1CCCO[C@H]1COP(=O)(O)OCC[N+](C)(C)C. The molecule has 0 aromatic rings. The van der Waals surface area contributed by atoms with Gasteiger partial charge in [-0.25, -0.2) is 4.57 Å². The number of rotatable bonds is 23. The van der Waals surface area contributed by atoms with Crippen LogP contribution in [0.2, 0.25) is 0 Å². The van der Waals surface area contributed by atoms with Gasteiger partial charge in [0.1, 0.15) is 19.3 Å².